The summed E-state index contributed by atoms with van der Waals surface area (Å²) in [6.07, 6.45) is 3.19. The molecule has 0 aliphatic rings. The molecule has 0 atom stereocenters. The summed E-state index contributed by atoms with van der Waals surface area (Å²) in [5, 5.41) is 3.44. The van der Waals surface area contributed by atoms with Gasteiger partial charge in [0.15, 0.2) is 10.9 Å². The number of hydrogen-bond acceptors (Lipinski definition) is 5. The largest absolute Gasteiger partial charge is 0.494 e. The number of nitrogens with zero attached hydrogens (tertiary/aromatic N) is 3. The lowest BCUT2D eigenvalue weighted by Gasteiger charge is -2.08. The van der Waals surface area contributed by atoms with Crippen LogP contribution in [0.1, 0.15) is 6.92 Å². The molecule has 4 heterocycles. The van der Waals surface area contributed by atoms with Crippen molar-refractivity contribution in [3.63, 3.8) is 0 Å². The molecule has 0 bridgehead atoms. The molecule has 146 valence electrons. The van der Waals surface area contributed by atoms with Crippen LogP contribution in [0, 0.1) is 0 Å². The highest BCUT2D eigenvalue weighted by atomic mass is 35.5. The molecule has 0 radical (unpaired) electrons. The monoisotopic (exact) mass is 427 g/mol. The zero-order valence-corrected chi connectivity index (χ0v) is 17.0. The van der Waals surface area contributed by atoms with Gasteiger partial charge >= 0.3 is 0 Å². The van der Waals surface area contributed by atoms with Gasteiger partial charge in [-0.2, -0.15) is 0 Å². The number of halogens is 2. The van der Waals surface area contributed by atoms with E-state index < -0.39 is 0 Å². The van der Waals surface area contributed by atoms with Crippen LogP contribution in [0.25, 0.3) is 33.5 Å². The van der Waals surface area contributed by atoms with E-state index in [2.05, 4.69) is 25.3 Å². The molecule has 0 aromatic carbocycles. The SMILES string of the molecule is COc1ccc(-c2c(-c3ccnc(NC(C)=O)c3)[nH]c3cc(Cl)cnc23)nc1Cl. The zero-order valence-electron chi connectivity index (χ0n) is 15.5. The molecule has 0 saturated carbocycles. The van der Waals surface area contributed by atoms with Crippen molar-refractivity contribution in [3.05, 3.63) is 52.9 Å². The van der Waals surface area contributed by atoms with E-state index in [4.69, 9.17) is 27.9 Å². The van der Waals surface area contributed by atoms with Crippen molar-refractivity contribution in [1.29, 1.82) is 0 Å². The fourth-order valence-electron chi connectivity index (χ4n) is 3.06. The van der Waals surface area contributed by atoms with Gasteiger partial charge in [0.2, 0.25) is 5.91 Å². The Kier molecular flexibility index (Phi) is 5.08. The fraction of sp³-hybridized carbons (Fsp3) is 0.100. The van der Waals surface area contributed by atoms with Gasteiger partial charge < -0.3 is 15.0 Å². The lowest BCUT2D eigenvalue weighted by Crippen LogP contribution is -2.07. The van der Waals surface area contributed by atoms with Crippen molar-refractivity contribution in [1.82, 2.24) is 19.9 Å². The molecule has 7 nitrogen and oxygen atoms in total. The Labute approximate surface area is 176 Å². The topological polar surface area (TPSA) is 92.8 Å². The van der Waals surface area contributed by atoms with Crippen LogP contribution in [0.2, 0.25) is 10.2 Å². The Bertz CT molecular complexity index is 1240. The summed E-state index contributed by atoms with van der Waals surface area (Å²) in [7, 11) is 1.53. The first-order valence-electron chi connectivity index (χ1n) is 8.58. The molecule has 0 spiro atoms. The smallest absolute Gasteiger partial charge is 0.222 e. The maximum atomic E-state index is 11.4. The van der Waals surface area contributed by atoms with Crippen LogP contribution in [0.4, 0.5) is 5.82 Å². The Morgan fingerprint density at radius 2 is 2.00 bits per heavy atom. The Morgan fingerprint density at radius 1 is 1.17 bits per heavy atom. The Hall–Kier alpha value is -3.16. The molecule has 4 rings (SSSR count). The van der Waals surface area contributed by atoms with Gasteiger partial charge in [-0.1, -0.05) is 23.2 Å². The number of H-pyrrole nitrogens is 1. The zero-order chi connectivity index (χ0) is 20.5. The molecule has 4 aromatic rings. The summed E-state index contributed by atoms with van der Waals surface area (Å²) in [5.74, 6) is 0.708. The quantitative estimate of drug-likeness (QED) is 0.448. The van der Waals surface area contributed by atoms with Crippen LogP contribution in [0.5, 0.6) is 5.75 Å². The third-order valence-corrected chi connectivity index (χ3v) is 4.72. The number of fused-ring (bicyclic) bond motifs is 1. The van der Waals surface area contributed by atoms with Gasteiger partial charge in [-0.25, -0.2) is 9.97 Å². The third kappa shape index (κ3) is 3.74. The third-order valence-electron chi connectivity index (χ3n) is 4.24. The number of pyridine rings is 3. The molecule has 0 unspecified atom stereocenters. The summed E-state index contributed by atoms with van der Waals surface area (Å²) in [6, 6.07) is 8.94. The number of hydrogen-bond donors (Lipinski definition) is 2. The number of aromatic nitrogens is 4. The number of carbonyl (C=O) groups is 1. The Balaban J connectivity index is 1.96. The normalized spacial score (nSPS) is 10.9. The molecule has 2 N–H and O–H groups in total. The molecule has 0 saturated heterocycles. The Morgan fingerprint density at radius 3 is 2.72 bits per heavy atom. The summed E-state index contributed by atoms with van der Waals surface area (Å²) >= 11 is 12.4. The molecule has 29 heavy (non-hydrogen) atoms. The lowest BCUT2D eigenvalue weighted by molar-refractivity contribution is -0.114. The number of nitrogens with one attached hydrogen (secondary N) is 2. The van der Waals surface area contributed by atoms with Crippen molar-refractivity contribution >= 4 is 46.0 Å². The standard InChI is InChI=1S/C20H15Cl2N5O2/c1-10(28)25-16-7-11(5-6-23-16)18-17(13-3-4-15(29-2)20(22)27-13)19-14(26-18)8-12(21)9-24-19/h3-9,26H,1-2H3,(H,23,25,28). The van der Waals surface area contributed by atoms with Crippen molar-refractivity contribution in [2.24, 2.45) is 0 Å². The van der Waals surface area contributed by atoms with Gasteiger partial charge in [0.1, 0.15) is 5.82 Å². The predicted octanol–water partition coefficient (Wildman–Crippen LogP) is 4.96. The molecule has 0 aliphatic carbocycles. The first-order valence-corrected chi connectivity index (χ1v) is 9.34. The first-order chi connectivity index (χ1) is 14.0. The minimum atomic E-state index is -0.205. The number of anilines is 1. The second-order valence-electron chi connectivity index (χ2n) is 6.23. The summed E-state index contributed by atoms with van der Waals surface area (Å²) in [6.45, 7) is 1.43. The van der Waals surface area contributed by atoms with Crippen LogP contribution in [0.15, 0.2) is 42.7 Å². The van der Waals surface area contributed by atoms with Crippen molar-refractivity contribution in [2.45, 2.75) is 6.92 Å². The first kappa shape index (κ1) is 19.2. The van der Waals surface area contributed by atoms with Crippen molar-refractivity contribution < 1.29 is 9.53 Å². The maximum Gasteiger partial charge on any atom is 0.222 e. The van der Waals surface area contributed by atoms with E-state index in [0.29, 0.717) is 27.8 Å². The second-order valence-corrected chi connectivity index (χ2v) is 7.02. The van der Waals surface area contributed by atoms with Crippen LogP contribution in [-0.4, -0.2) is 33.0 Å². The average Bonchev–Trinajstić information content (AvgIpc) is 3.06. The number of methoxy groups -OCH3 is 1. The lowest BCUT2D eigenvalue weighted by atomic mass is 10.0. The minimum absolute atomic E-state index is 0.205. The maximum absolute atomic E-state index is 11.4. The number of aromatic amines is 1. The van der Waals surface area contributed by atoms with Gasteiger partial charge in [-0.3, -0.25) is 9.78 Å². The molecule has 0 aliphatic heterocycles. The van der Waals surface area contributed by atoms with E-state index in [0.717, 1.165) is 22.3 Å². The van der Waals surface area contributed by atoms with E-state index in [1.165, 1.54) is 14.0 Å². The van der Waals surface area contributed by atoms with Gasteiger partial charge in [-0.05, 0) is 30.3 Å². The van der Waals surface area contributed by atoms with Gasteiger partial charge in [0, 0.05) is 24.9 Å². The van der Waals surface area contributed by atoms with Crippen molar-refractivity contribution in [3.8, 4) is 28.3 Å². The number of rotatable bonds is 4. The molecule has 4 aromatic heterocycles. The highest BCUT2D eigenvalue weighted by Crippen LogP contribution is 2.39. The number of amides is 1. The number of carbonyl (C=O) groups excluding carboxylic acids is 1. The molecule has 9 heteroatoms. The predicted molar refractivity (Wildman–Crippen MR) is 113 cm³/mol. The van der Waals surface area contributed by atoms with E-state index in [9.17, 15) is 4.79 Å². The van der Waals surface area contributed by atoms with E-state index >= 15 is 0 Å². The van der Waals surface area contributed by atoms with Crippen molar-refractivity contribution in [2.75, 3.05) is 12.4 Å². The van der Waals surface area contributed by atoms with Gasteiger partial charge in [-0.15, -0.1) is 0 Å². The summed E-state index contributed by atoms with van der Waals surface area (Å²) in [4.78, 5) is 27.9. The van der Waals surface area contributed by atoms with E-state index in [1.807, 2.05) is 12.1 Å². The van der Waals surface area contributed by atoms with Crippen LogP contribution in [-0.2, 0) is 4.79 Å². The van der Waals surface area contributed by atoms with Crippen LogP contribution < -0.4 is 10.1 Å². The fourth-order valence-corrected chi connectivity index (χ4v) is 3.45. The molecule has 0 fully saturated rings. The molecule has 1 amide bonds. The van der Waals surface area contributed by atoms with E-state index in [-0.39, 0.29) is 11.1 Å². The second kappa shape index (κ2) is 7.69. The minimum Gasteiger partial charge on any atom is -0.494 e. The van der Waals surface area contributed by atoms with E-state index in [1.54, 1.807) is 30.6 Å². The van der Waals surface area contributed by atoms with Crippen LogP contribution >= 0.6 is 23.2 Å². The highest BCUT2D eigenvalue weighted by molar-refractivity contribution is 6.31. The molecular weight excluding hydrogens is 413 g/mol. The highest BCUT2D eigenvalue weighted by Gasteiger charge is 2.19. The average molecular weight is 428 g/mol. The van der Waals surface area contributed by atoms with Crippen LogP contribution in [0.3, 0.4) is 0 Å². The summed E-state index contributed by atoms with van der Waals surface area (Å²) in [5.41, 5.74) is 4.34. The number of ether oxygens (including phenoxy) is 1. The van der Waals surface area contributed by atoms with Gasteiger partial charge in [0.05, 0.1) is 40.1 Å². The van der Waals surface area contributed by atoms with Gasteiger partial charge in [0.25, 0.3) is 0 Å². The summed E-state index contributed by atoms with van der Waals surface area (Å²) < 4.78 is 5.20. The molecular formula is C20H15Cl2N5O2.